The molecule has 1 unspecified atom stereocenters. The summed E-state index contributed by atoms with van der Waals surface area (Å²) in [4.78, 5) is 21.0. The van der Waals surface area contributed by atoms with Crippen LogP contribution < -0.4 is 15.8 Å². The van der Waals surface area contributed by atoms with Crippen molar-refractivity contribution in [2.45, 2.75) is 38.3 Å². The Bertz CT molecular complexity index is 771. The predicted molar refractivity (Wildman–Crippen MR) is 95.5 cm³/mol. The van der Waals surface area contributed by atoms with Gasteiger partial charge in [0.05, 0.1) is 31.6 Å². The van der Waals surface area contributed by atoms with Crippen LogP contribution in [0.4, 0.5) is 5.69 Å². The van der Waals surface area contributed by atoms with Crippen LogP contribution in [-0.4, -0.2) is 38.8 Å². The smallest absolute Gasteiger partial charge is 0.241 e. The quantitative estimate of drug-likeness (QED) is 0.741. The first-order chi connectivity index (χ1) is 12.7. The van der Waals surface area contributed by atoms with Gasteiger partial charge in [0.25, 0.3) is 0 Å². The molecule has 2 saturated carbocycles. The number of nitrogens with two attached hydrogens (primary N) is 1. The molecule has 2 heterocycles. The van der Waals surface area contributed by atoms with Gasteiger partial charge < -0.3 is 15.8 Å². The van der Waals surface area contributed by atoms with Gasteiger partial charge in [-0.1, -0.05) is 0 Å². The van der Waals surface area contributed by atoms with Crippen LogP contribution in [0.5, 0.6) is 5.88 Å². The highest BCUT2D eigenvalue weighted by molar-refractivity contribution is 5.94. The van der Waals surface area contributed by atoms with E-state index in [2.05, 4.69) is 20.4 Å². The molecule has 2 fully saturated rings. The summed E-state index contributed by atoms with van der Waals surface area (Å²) < 4.78 is 6.89. The molecule has 0 spiro atoms. The molecule has 0 bridgehead atoms. The zero-order valence-electron chi connectivity index (χ0n) is 14.8. The Morgan fingerprint density at radius 2 is 2.00 bits per heavy atom. The van der Waals surface area contributed by atoms with Crippen LogP contribution in [0.15, 0.2) is 24.8 Å². The third-order valence-corrected chi connectivity index (χ3v) is 5.19. The highest BCUT2D eigenvalue weighted by Gasteiger charge is 2.46. The van der Waals surface area contributed by atoms with Crippen molar-refractivity contribution in [1.29, 1.82) is 0 Å². The Kier molecular flexibility index (Phi) is 4.58. The van der Waals surface area contributed by atoms with E-state index in [0.717, 1.165) is 0 Å². The van der Waals surface area contributed by atoms with E-state index < -0.39 is 6.04 Å². The molecule has 8 heteroatoms. The molecule has 4 rings (SSSR count). The number of aromatic nitrogens is 4. The Labute approximate surface area is 152 Å². The zero-order chi connectivity index (χ0) is 18.1. The summed E-state index contributed by atoms with van der Waals surface area (Å²) in [7, 11) is 1.56. The largest absolute Gasteiger partial charge is 0.480 e. The van der Waals surface area contributed by atoms with E-state index in [1.54, 1.807) is 36.6 Å². The molecular weight excluding hydrogens is 332 g/mol. The van der Waals surface area contributed by atoms with Crippen LogP contribution in [0, 0.1) is 17.8 Å². The van der Waals surface area contributed by atoms with Gasteiger partial charge in [-0.05, 0) is 43.4 Å². The lowest BCUT2D eigenvalue weighted by Crippen LogP contribution is -2.43. The van der Waals surface area contributed by atoms with Gasteiger partial charge in [-0.15, -0.1) is 0 Å². The van der Waals surface area contributed by atoms with Gasteiger partial charge in [-0.3, -0.25) is 14.5 Å². The second-order valence-electron chi connectivity index (χ2n) is 7.21. The molecule has 1 atom stereocenters. The van der Waals surface area contributed by atoms with Crippen molar-refractivity contribution in [3.05, 3.63) is 30.5 Å². The first kappa shape index (κ1) is 17.0. The lowest BCUT2D eigenvalue weighted by atomic mass is 9.89. The number of hydrogen-bond acceptors (Lipinski definition) is 6. The summed E-state index contributed by atoms with van der Waals surface area (Å²) in [5.74, 6) is 1.94. The molecular formula is C18H24N6O2. The number of methoxy groups -OCH3 is 1. The van der Waals surface area contributed by atoms with E-state index in [-0.39, 0.29) is 5.91 Å². The van der Waals surface area contributed by atoms with Gasteiger partial charge in [0, 0.05) is 18.6 Å². The highest BCUT2D eigenvalue weighted by atomic mass is 16.5. The number of nitrogens with one attached hydrogen (secondary N) is 1. The number of carbonyl (C=O) groups is 1. The summed E-state index contributed by atoms with van der Waals surface area (Å²) in [6.07, 6.45) is 11.4. The summed E-state index contributed by atoms with van der Waals surface area (Å²) in [5, 5.41) is 7.18. The molecule has 0 aliphatic heterocycles. The fourth-order valence-electron chi connectivity index (χ4n) is 3.64. The van der Waals surface area contributed by atoms with E-state index in [9.17, 15) is 4.79 Å². The van der Waals surface area contributed by atoms with Crippen LogP contribution >= 0.6 is 0 Å². The van der Waals surface area contributed by atoms with Gasteiger partial charge in [-0.2, -0.15) is 5.10 Å². The molecule has 0 aromatic carbocycles. The number of nitrogens with zero attached hydrogens (tertiary/aromatic N) is 4. The molecule has 0 saturated heterocycles. The van der Waals surface area contributed by atoms with E-state index >= 15 is 0 Å². The first-order valence-electron chi connectivity index (χ1n) is 9.08. The summed E-state index contributed by atoms with van der Waals surface area (Å²) >= 11 is 0. The van der Waals surface area contributed by atoms with E-state index in [1.165, 1.54) is 25.7 Å². The monoisotopic (exact) mass is 356 g/mol. The lowest BCUT2D eigenvalue weighted by molar-refractivity contribution is -0.118. The molecule has 2 aromatic heterocycles. The second kappa shape index (κ2) is 7.03. The van der Waals surface area contributed by atoms with E-state index in [0.29, 0.717) is 41.6 Å². The van der Waals surface area contributed by atoms with Crippen LogP contribution in [0.25, 0.3) is 0 Å². The lowest BCUT2D eigenvalue weighted by Gasteiger charge is -2.22. The molecule has 2 aliphatic rings. The van der Waals surface area contributed by atoms with Crippen molar-refractivity contribution in [2.24, 2.45) is 23.5 Å². The van der Waals surface area contributed by atoms with Gasteiger partial charge in [-0.25, -0.2) is 4.98 Å². The number of ether oxygens (including phenoxy) is 1. The molecule has 26 heavy (non-hydrogen) atoms. The molecule has 2 aliphatic carbocycles. The molecule has 2 aromatic rings. The van der Waals surface area contributed by atoms with Crippen molar-refractivity contribution >= 4 is 11.6 Å². The third kappa shape index (κ3) is 3.70. The van der Waals surface area contributed by atoms with Crippen molar-refractivity contribution in [2.75, 3.05) is 12.4 Å². The van der Waals surface area contributed by atoms with Gasteiger partial charge >= 0.3 is 0 Å². The minimum absolute atomic E-state index is 0.120. The number of carbonyl (C=O) groups excluding carboxylic acids is 1. The van der Waals surface area contributed by atoms with E-state index in [1.807, 2.05) is 0 Å². The van der Waals surface area contributed by atoms with Crippen LogP contribution in [0.3, 0.4) is 0 Å². The number of rotatable bonds is 8. The minimum atomic E-state index is -0.446. The topological polar surface area (TPSA) is 108 Å². The molecule has 3 N–H and O–H groups in total. The molecule has 8 nitrogen and oxygen atoms in total. The Balaban J connectivity index is 1.39. The normalized spacial score (nSPS) is 18.0. The van der Waals surface area contributed by atoms with Gasteiger partial charge in [0.1, 0.15) is 5.69 Å². The molecule has 0 radical (unpaired) electrons. The average molecular weight is 356 g/mol. The van der Waals surface area contributed by atoms with Crippen molar-refractivity contribution in [3.8, 4) is 5.88 Å². The fraction of sp³-hybridized carbons (Fsp3) is 0.556. The number of amides is 1. The second-order valence-corrected chi connectivity index (χ2v) is 7.21. The molecule has 138 valence electrons. The number of hydrogen-bond donors (Lipinski definition) is 2. The Morgan fingerprint density at radius 3 is 2.65 bits per heavy atom. The van der Waals surface area contributed by atoms with Crippen LogP contribution in [0.1, 0.15) is 31.4 Å². The summed E-state index contributed by atoms with van der Waals surface area (Å²) in [6, 6.07) is -0.446. The first-order valence-corrected chi connectivity index (χ1v) is 9.08. The third-order valence-electron chi connectivity index (χ3n) is 5.19. The predicted octanol–water partition coefficient (Wildman–Crippen LogP) is 1.43. The summed E-state index contributed by atoms with van der Waals surface area (Å²) in [5.41, 5.74) is 7.60. The van der Waals surface area contributed by atoms with Crippen molar-refractivity contribution < 1.29 is 9.53 Å². The van der Waals surface area contributed by atoms with Crippen molar-refractivity contribution in [3.63, 3.8) is 0 Å². The average Bonchev–Trinajstić information content (AvgIpc) is 3.57. The van der Waals surface area contributed by atoms with Crippen LogP contribution in [-0.2, 0) is 11.3 Å². The SMILES string of the molecule is COc1nccnc1Cn1cc(NC(=O)C(N)C(C2CC2)C2CC2)cn1. The fourth-order valence-corrected chi connectivity index (χ4v) is 3.64. The maximum Gasteiger partial charge on any atom is 0.241 e. The Hall–Kier alpha value is -2.48. The van der Waals surface area contributed by atoms with Gasteiger partial charge in [0.15, 0.2) is 0 Å². The van der Waals surface area contributed by atoms with Crippen LogP contribution in [0.2, 0.25) is 0 Å². The molecule has 1 amide bonds. The van der Waals surface area contributed by atoms with Gasteiger partial charge in [0.2, 0.25) is 11.8 Å². The summed E-state index contributed by atoms with van der Waals surface area (Å²) in [6.45, 7) is 0.408. The van der Waals surface area contributed by atoms with E-state index in [4.69, 9.17) is 10.5 Å². The highest BCUT2D eigenvalue weighted by Crippen LogP contribution is 2.50. The maximum atomic E-state index is 12.6. The van der Waals surface area contributed by atoms with Crippen molar-refractivity contribution in [1.82, 2.24) is 19.7 Å². The zero-order valence-corrected chi connectivity index (χ0v) is 14.8. The minimum Gasteiger partial charge on any atom is -0.480 e. The standard InChI is InChI=1S/C18H24N6O2/c1-26-18-14(20-6-7-21-18)10-24-9-13(8-22-24)23-17(25)16(19)15(11-2-3-11)12-4-5-12/h6-9,11-12,15-16H,2-5,10,19H2,1H3,(H,23,25). The Morgan fingerprint density at radius 1 is 1.31 bits per heavy atom. The maximum absolute atomic E-state index is 12.6. The number of anilines is 1.